The molecule has 1 nitrogen and oxygen atoms in total. The van der Waals surface area contributed by atoms with Gasteiger partial charge < -0.3 is 4.90 Å². The van der Waals surface area contributed by atoms with Crippen LogP contribution >= 0.6 is 0 Å². The largest absolute Gasteiger partial charge is 0.311 e. The summed E-state index contributed by atoms with van der Waals surface area (Å²) in [7, 11) is -2.76. The van der Waals surface area contributed by atoms with Crippen molar-refractivity contribution in [2.75, 3.05) is 4.90 Å². The Morgan fingerprint density at radius 3 is 1.00 bits per heavy atom. The van der Waals surface area contributed by atoms with Crippen LogP contribution in [0.2, 0.25) is 0 Å². The first-order valence-corrected chi connectivity index (χ1v) is 30.3. The lowest BCUT2D eigenvalue weighted by Gasteiger charge is -2.35. The van der Waals surface area contributed by atoms with Gasteiger partial charge in [-0.15, -0.1) is 0 Å². The van der Waals surface area contributed by atoms with Crippen molar-refractivity contribution >= 4 is 67.4 Å². The van der Waals surface area contributed by atoms with Crippen LogP contribution in [0, 0.1) is 0 Å². The van der Waals surface area contributed by atoms with Crippen molar-refractivity contribution in [3.63, 3.8) is 0 Å². The molecule has 0 atom stereocenters. The fourth-order valence-electron chi connectivity index (χ4n) is 12.7. The van der Waals surface area contributed by atoms with Gasteiger partial charge in [0, 0.05) is 17.1 Å². The number of fused-ring (bicyclic) bond motifs is 2. The second-order valence-corrected chi connectivity index (χ2v) is 24.9. The first-order chi connectivity index (χ1) is 40.7. The highest BCUT2D eigenvalue weighted by Gasteiger charge is 2.41. The van der Waals surface area contributed by atoms with Crippen LogP contribution in [-0.2, 0) is 0 Å². The molecular formula is C80H57NSi. The molecule has 0 radical (unpaired) electrons. The van der Waals surface area contributed by atoms with Crippen LogP contribution in [0.25, 0.3) is 88.3 Å². The van der Waals surface area contributed by atoms with E-state index in [1.165, 1.54) is 97.9 Å². The maximum absolute atomic E-state index is 2.76. The van der Waals surface area contributed by atoms with Crippen molar-refractivity contribution in [3.8, 4) is 66.8 Å². The highest BCUT2D eigenvalue weighted by atomic mass is 28.3. The van der Waals surface area contributed by atoms with E-state index < -0.39 is 8.07 Å². The molecule has 2 heteroatoms. The van der Waals surface area contributed by atoms with Gasteiger partial charge in [0.05, 0.1) is 0 Å². The minimum absolute atomic E-state index is 1.07. The fourth-order valence-corrected chi connectivity index (χ4v) is 17.5. The Morgan fingerprint density at radius 2 is 0.537 bits per heavy atom. The van der Waals surface area contributed by atoms with Crippen LogP contribution in [0.1, 0.15) is 0 Å². The summed E-state index contributed by atoms with van der Waals surface area (Å²) in [6.45, 7) is 0. The molecule has 386 valence electrons. The van der Waals surface area contributed by atoms with E-state index in [0.29, 0.717) is 0 Å². The quantitative estimate of drug-likeness (QED) is 0.0822. The molecule has 0 saturated heterocycles. The number of benzene rings is 14. The Bertz CT molecular complexity index is 4370. The van der Waals surface area contributed by atoms with Gasteiger partial charge in [-0.25, -0.2) is 0 Å². The van der Waals surface area contributed by atoms with Gasteiger partial charge in [0.1, 0.15) is 0 Å². The summed E-state index contributed by atoms with van der Waals surface area (Å²) in [4.78, 5) is 2.41. The van der Waals surface area contributed by atoms with Crippen molar-refractivity contribution in [1.29, 1.82) is 0 Å². The molecule has 0 unspecified atom stereocenters. The van der Waals surface area contributed by atoms with Gasteiger partial charge in [0.2, 0.25) is 0 Å². The number of hydrogen-bond donors (Lipinski definition) is 0. The van der Waals surface area contributed by atoms with Gasteiger partial charge in [-0.1, -0.05) is 303 Å². The van der Waals surface area contributed by atoms with Crippen LogP contribution in [0.5, 0.6) is 0 Å². The van der Waals surface area contributed by atoms with Gasteiger partial charge in [0.25, 0.3) is 0 Å². The fraction of sp³-hybridized carbons (Fsp3) is 0. The Labute approximate surface area is 482 Å². The van der Waals surface area contributed by atoms with Gasteiger partial charge in [-0.05, 0) is 152 Å². The predicted octanol–water partition coefficient (Wildman–Crippen LogP) is 18.8. The summed E-state index contributed by atoms with van der Waals surface area (Å²) < 4.78 is 0. The average molecular weight is 1060 g/mol. The molecule has 0 N–H and O–H groups in total. The van der Waals surface area contributed by atoms with E-state index in [-0.39, 0.29) is 0 Å². The summed E-state index contributed by atoms with van der Waals surface area (Å²) in [6, 6.07) is 128. The Morgan fingerprint density at radius 1 is 0.195 bits per heavy atom. The standard InChI is InChI=1S/C80H57NSi/c1-8-26-61(27-9-1)77-75-56-47-65(57-76(75)78(62-28-10-2-11-29-62)80(64-32-14-4-15-33-64)79(77)63-30-12-3-13-31-63)58-43-48-66(49-44-58)81(67-50-45-60(46-51-67)74-42-24-34-59-25-22-23-41-73(59)74)68-52-54-72(55-53-68)82(69-35-16-5-17-36-69,70-37-18-6-19-38-70)71-39-20-7-21-40-71/h1-57H. The molecule has 0 fully saturated rings. The number of hydrogen-bond acceptors (Lipinski definition) is 1. The van der Waals surface area contributed by atoms with E-state index >= 15 is 0 Å². The van der Waals surface area contributed by atoms with Crippen LogP contribution in [0.3, 0.4) is 0 Å². The first kappa shape index (κ1) is 49.9. The molecular weight excluding hydrogens is 1000 g/mol. The van der Waals surface area contributed by atoms with Crippen LogP contribution in [-0.4, -0.2) is 8.07 Å². The molecule has 0 bridgehead atoms. The summed E-state index contributed by atoms with van der Waals surface area (Å²) in [6.07, 6.45) is 0. The lowest BCUT2D eigenvalue weighted by molar-refractivity contribution is 1.29. The molecule has 0 saturated carbocycles. The molecule has 0 aliphatic carbocycles. The SMILES string of the molecule is c1ccc(-c2c(-c3ccccc3)c(-c3ccccc3)c3cc(-c4ccc(N(c5ccc(-c6cccc7ccccc67)cc5)c5ccc([Si](c6ccccc6)(c6ccccc6)c6ccccc6)cc5)cc4)ccc3c2-c2ccccc2)cc1. The maximum atomic E-state index is 2.44. The topological polar surface area (TPSA) is 3.24 Å². The van der Waals surface area contributed by atoms with Crippen molar-refractivity contribution in [1.82, 2.24) is 0 Å². The third-order valence-corrected chi connectivity index (χ3v) is 21.2. The molecule has 0 spiro atoms. The number of anilines is 3. The summed E-state index contributed by atoms with van der Waals surface area (Å²) in [5, 5.41) is 10.3. The molecule has 14 aromatic rings. The second kappa shape index (κ2) is 22.0. The van der Waals surface area contributed by atoms with E-state index in [1.807, 2.05) is 0 Å². The Balaban J connectivity index is 0.936. The normalized spacial score (nSPS) is 11.4. The third-order valence-electron chi connectivity index (χ3n) is 16.4. The van der Waals surface area contributed by atoms with Crippen LogP contribution < -0.4 is 25.6 Å². The zero-order chi connectivity index (χ0) is 54.7. The van der Waals surface area contributed by atoms with E-state index in [1.54, 1.807) is 0 Å². The second-order valence-electron chi connectivity index (χ2n) is 21.1. The molecule has 0 aliphatic rings. The first-order valence-electron chi connectivity index (χ1n) is 28.3. The molecule has 0 heterocycles. The Kier molecular flexibility index (Phi) is 13.4. The van der Waals surface area contributed by atoms with Gasteiger partial charge >= 0.3 is 0 Å². The smallest absolute Gasteiger partial charge is 0.179 e. The lowest BCUT2D eigenvalue weighted by Crippen LogP contribution is -2.74. The number of nitrogens with zero attached hydrogens (tertiary/aromatic N) is 1. The average Bonchev–Trinajstić information content (AvgIpc) is 3.10. The van der Waals surface area contributed by atoms with Crippen molar-refractivity contribution < 1.29 is 0 Å². The van der Waals surface area contributed by atoms with Crippen molar-refractivity contribution in [2.24, 2.45) is 0 Å². The molecule has 0 amide bonds. The van der Waals surface area contributed by atoms with Crippen LogP contribution in [0.15, 0.2) is 346 Å². The monoisotopic (exact) mass is 1060 g/mol. The molecule has 14 rings (SSSR count). The van der Waals surface area contributed by atoms with Gasteiger partial charge in [0.15, 0.2) is 8.07 Å². The summed E-state index contributed by atoms with van der Waals surface area (Å²) in [5.74, 6) is 0. The zero-order valence-corrected chi connectivity index (χ0v) is 46.4. The maximum Gasteiger partial charge on any atom is 0.179 e. The minimum Gasteiger partial charge on any atom is -0.311 e. The highest BCUT2D eigenvalue weighted by Crippen LogP contribution is 2.51. The predicted molar refractivity (Wildman–Crippen MR) is 352 cm³/mol. The van der Waals surface area contributed by atoms with Gasteiger partial charge in [-0.2, -0.15) is 0 Å². The van der Waals surface area contributed by atoms with Crippen molar-refractivity contribution in [2.45, 2.75) is 0 Å². The molecule has 0 aliphatic heterocycles. The molecule has 14 aromatic carbocycles. The summed E-state index contributed by atoms with van der Waals surface area (Å²) >= 11 is 0. The highest BCUT2D eigenvalue weighted by molar-refractivity contribution is 7.19. The van der Waals surface area contributed by atoms with Crippen LogP contribution in [0.4, 0.5) is 17.1 Å². The molecule has 0 aromatic heterocycles. The van der Waals surface area contributed by atoms with E-state index in [0.717, 1.165) is 28.2 Å². The number of rotatable bonds is 13. The minimum atomic E-state index is -2.76. The Hall–Kier alpha value is -10.4. The van der Waals surface area contributed by atoms with Crippen molar-refractivity contribution in [3.05, 3.63) is 346 Å². The van der Waals surface area contributed by atoms with E-state index in [2.05, 4.69) is 351 Å². The lowest BCUT2D eigenvalue weighted by atomic mass is 9.78. The van der Waals surface area contributed by atoms with Gasteiger partial charge in [-0.3, -0.25) is 0 Å². The third kappa shape index (κ3) is 9.12. The zero-order valence-electron chi connectivity index (χ0n) is 45.4. The molecule has 82 heavy (non-hydrogen) atoms. The summed E-state index contributed by atoms with van der Waals surface area (Å²) in [5.41, 5.74) is 17.6. The van der Waals surface area contributed by atoms with E-state index in [4.69, 9.17) is 0 Å². The van der Waals surface area contributed by atoms with E-state index in [9.17, 15) is 0 Å².